The molecule has 0 unspecified atom stereocenters. The van der Waals surface area contributed by atoms with E-state index in [1.54, 1.807) is 24.3 Å². The van der Waals surface area contributed by atoms with Crippen LogP contribution in [0.3, 0.4) is 0 Å². The highest BCUT2D eigenvalue weighted by Gasteiger charge is 2.40. The summed E-state index contributed by atoms with van der Waals surface area (Å²) in [6, 6.07) is 21.7. The standard InChI is InChI=1S/C34H32F2N4O4S/c1-43-25-17-16-23(28(20-25)44-2)21-40-31(42)29-30(38-32(40)34(35,36)24-12-7-4-8-13-24)45-33(37-29)39-19-9-14-26(39)27(41)18-15-22-10-5-3-6-11-22/h3-8,10-13,16-17,20,26H,9,14-15,18-19,21H2,1-2H3/t26-/m1/s1. The fourth-order valence-electron chi connectivity index (χ4n) is 5.74. The zero-order valence-corrected chi connectivity index (χ0v) is 25.7. The summed E-state index contributed by atoms with van der Waals surface area (Å²) >= 11 is 1.06. The van der Waals surface area contributed by atoms with Gasteiger partial charge in [0.15, 0.2) is 27.1 Å². The molecule has 0 aliphatic carbocycles. The lowest BCUT2D eigenvalue weighted by Gasteiger charge is -2.22. The van der Waals surface area contributed by atoms with Crippen molar-refractivity contribution in [1.29, 1.82) is 0 Å². The summed E-state index contributed by atoms with van der Waals surface area (Å²) in [4.78, 5) is 38.4. The number of alkyl halides is 2. The predicted molar refractivity (Wildman–Crippen MR) is 170 cm³/mol. The molecule has 5 aromatic rings. The van der Waals surface area contributed by atoms with Crippen LogP contribution in [0.2, 0.25) is 0 Å². The quantitative estimate of drug-likeness (QED) is 0.171. The van der Waals surface area contributed by atoms with Gasteiger partial charge in [-0.05, 0) is 37.0 Å². The first-order chi connectivity index (χ1) is 21.8. The normalized spacial score (nSPS) is 15.0. The molecule has 1 saturated heterocycles. The van der Waals surface area contributed by atoms with Crippen molar-refractivity contribution in [3.05, 3.63) is 112 Å². The largest absolute Gasteiger partial charge is 0.497 e. The third kappa shape index (κ3) is 6.04. The van der Waals surface area contributed by atoms with Crippen LogP contribution in [-0.4, -0.2) is 47.1 Å². The van der Waals surface area contributed by atoms with Crippen LogP contribution in [0.25, 0.3) is 10.3 Å². The van der Waals surface area contributed by atoms with Gasteiger partial charge in [-0.2, -0.15) is 8.78 Å². The molecule has 1 aliphatic heterocycles. The first-order valence-electron chi connectivity index (χ1n) is 14.7. The van der Waals surface area contributed by atoms with Crippen LogP contribution in [0.1, 0.15) is 41.8 Å². The highest BCUT2D eigenvalue weighted by atomic mass is 32.1. The number of Topliss-reactive ketones (excluding diaryl/α,β-unsaturated/α-hetero) is 1. The van der Waals surface area contributed by atoms with E-state index >= 15 is 8.78 Å². The molecule has 8 nitrogen and oxygen atoms in total. The second kappa shape index (κ2) is 12.8. The lowest BCUT2D eigenvalue weighted by molar-refractivity contribution is -0.120. The minimum atomic E-state index is -3.60. The maximum absolute atomic E-state index is 16.2. The summed E-state index contributed by atoms with van der Waals surface area (Å²) in [6.07, 6.45) is 2.45. The smallest absolute Gasteiger partial charge is 0.330 e. The minimum absolute atomic E-state index is 0.0162. The second-order valence-electron chi connectivity index (χ2n) is 10.9. The first kappa shape index (κ1) is 30.4. The third-order valence-corrected chi connectivity index (χ3v) is 9.11. The summed E-state index contributed by atoms with van der Waals surface area (Å²) in [5.74, 6) is -3.31. The molecule has 0 saturated carbocycles. The Labute approximate surface area is 262 Å². The fourth-order valence-corrected chi connectivity index (χ4v) is 6.75. The van der Waals surface area contributed by atoms with E-state index in [0.717, 1.165) is 27.9 Å². The molecule has 6 rings (SSSR count). The number of halogens is 2. The van der Waals surface area contributed by atoms with Crippen LogP contribution in [-0.2, 0) is 23.7 Å². The Balaban J connectivity index is 1.40. The van der Waals surface area contributed by atoms with Gasteiger partial charge in [0.25, 0.3) is 5.56 Å². The number of anilines is 1. The first-order valence-corrected chi connectivity index (χ1v) is 15.5. The van der Waals surface area contributed by atoms with E-state index in [1.807, 2.05) is 35.2 Å². The van der Waals surface area contributed by atoms with Crippen molar-refractivity contribution < 1.29 is 23.0 Å². The summed E-state index contributed by atoms with van der Waals surface area (Å²) < 4.78 is 44.2. The van der Waals surface area contributed by atoms with Crippen molar-refractivity contribution in [2.45, 2.75) is 44.2 Å². The number of methoxy groups -OCH3 is 2. The monoisotopic (exact) mass is 630 g/mol. The Bertz CT molecular complexity index is 1880. The lowest BCUT2D eigenvalue weighted by atomic mass is 10.0. The molecule has 0 radical (unpaired) electrons. The van der Waals surface area contributed by atoms with Crippen molar-refractivity contribution in [3.63, 3.8) is 0 Å². The molecule has 11 heteroatoms. The zero-order chi connectivity index (χ0) is 31.6. The second-order valence-corrected chi connectivity index (χ2v) is 11.9. The van der Waals surface area contributed by atoms with Gasteiger partial charge in [0.05, 0.1) is 26.8 Å². The molecular weight excluding hydrogens is 598 g/mol. The maximum atomic E-state index is 16.2. The van der Waals surface area contributed by atoms with E-state index in [1.165, 1.54) is 38.5 Å². The molecule has 0 amide bonds. The van der Waals surface area contributed by atoms with Crippen molar-refractivity contribution in [3.8, 4) is 11.5 Å². The number of hydrogen-bond acceptors (Lipinski definition) is 8. The van der Waals surface area contributed by atoms with Gasteiger partial charge < -0.3 is 14.4 Å². The number of aryl methyl sites for hydroxylation is 1. The summed E-state index contributed by atoms with van der Waals surface area (Å²) in [6.45, 7) is 0.343. The van der Waals surface area contributed by atoms with Gasteiger partial charge in [-0.3, -0.25) is 14.2 Å². The molecule has 45 heavy (non-hydrogen) atoms. The van der Waals surface area contributed by atoms with Crippen LogP contribution in [0.5, 0.6) is 11.5 Å². The van der Waals surface area contributed by atoms with E-state index in [-0.39, 0.29) is 28.2 Å². The highest BCUT2D eigenvalue weighted by molar-refractivity contribution is 7.21. The fraction of sp³-hybridized carbons (Fsp3) is 0.294. The van der Waals surface area contributed by atoms with Crippen molar-refractivity contribution in [2.24, 2.45) is 0 Å². The molecule has 0 N–H and O–H groups in total. The van der Waals surface area contributed by atoms with Gasteiger partial charge in [-0.1, -0.05) is 72.0 Å². The van der Waals surface area contributed by atoms with E-state index in [2.05, 4.69) is 9.97 Å². The molecule has 0 spiro atoms. The van der Waals surface area contributed by atoms with Crippen LogP contribution >= 0.6 is 11.3 Å². The topological polar surface area (TPSA) is 86.5 Å². The van der Waals surface area contributed by atoms with Crippen molar-refractivity contribution in [1.82, 2.24) is 14.5 Å². The lowest BCUT2D eigenvalue weighted by Crippen LogP contribution is -2.36. The van der Waals surface area contributed by atoms with Crippen LogP contribution in [0.15, 0.2) is 83.7 Å². The summed E-state index contributed by atoms with van der Waals surface area (Å²) in [5.41, 5.74) is 0.570. The molecule has 2 aromatic heterocycles. The average Bonchev–Trinajstić information content (AvgIpc) is 3.74. The van der Waals surface area contributed by atoms with Crippen LogP contribution < -0.4 is 19.9 Å². The Morgan fingerprint density at radius 2 is 1.73 bits per heavy atom. The SMILES string of the molecule is COc1ccc(Cn2c(C(F)(F)c3ccccc3)nc3sc(N4CCC[C@@H]4C(=O)CCc4ccccc4)nc3c2=O)c(OC)c1. The number of nitrogens with zero attached hydrogens (tertiary/aromatic N) is 4. The van der Waals surface area contributed by atoms with Gasteiger partial charge in [-0.25, -0.2) is 9.97 Å². The average molecular weight is 631 g/mol. The van der Waals surface area contributed by atoms with Gasteiger partial charge >= 0.3 is 5.92 Å². The van der Waals surface area contributed by atoms with Crippen LogP contribution in [0, 0.1) is 0 Å². The van der Waals surface area contributed by atoms with E-state index in [0.29, 0.717) is 48.0 Å². The third-order valence-electron chi connectivity index (χ3n) is 8.12. The maximum Gasteiger partial charge on any atom is 0.330 e. The number of hydrogen-bond donors (Lipinski definition) is 0. The van der Waals surface area contributed by atoms with Gasteiger partial charge in [-0.15, -0.1) is 0 Å². The highest BCUT2D eigenvalue weighted by Crippen LogP contribution is 2.38. The predicted octanol–water partition coefficient (Wildman–Crippen LogP) is 6.23. The van der Waals surface area contributed by atoms with Gasteiger partial charge in [0, 0.05) is 30.2 Å². The Hall–Kier alpha value is -4.64. The molecule has 1 atom stereocenters. The molecule has 3 aromatic carbocycles. The summed E-state index contributed by atoms with van der Waals surface area (Å²) in [5, 5.41) is 0.430. The number of carbonyl (C=O) groups excluding carboxylic acids is 1. The number of benzene rings is 3. The van der Waals surface area contributed by atoms with E-state index in [4.69, 9.17) is 9.47 Å². The minimum Gasteiger partial charge on any atom is -0.497 e. The Kier molecular flexibility index (Phi) is 8.62. The number of thiazole rings is 1. The molecule has 3 heterocycles. The number of carbonyl (C=O) groups is 1. The molecule has 1 fully saturated rings. The zero-order valence-electron chi connectivity index (χ0n) is 24.9. The van der Waals surface area contributed by atoms with Gasteiger partial charge in [0.1, 0.15) is 11.5 Å². The molecular formula is C34H32F2N4O4S. The Morgan fingerprint density at radius 1 is 1.00 bits per heavy atom. The Morgan fingerprint density at radius 3 is 2.44 bits per heavy atom. The number of fused-ring (bicyclic) bond motifs is 1. The van der Waals surface area contributed by atoms with Crippen LogP contribution in [0.4, 0.5) is 13.9 Å². The number of ketones is 1. The number of rotatable bonds is 11. The van der Waals surface area contributed by atoms with Crippen molar-refractivity contribution in [2.75, 3.05) is 25.7 Å². The van der Waals surface area contributed by atoms with Crippen molar-refractivity contribution >= 4 is 32.6 Å². The van der Waals surface area contributed by atoms with E-state index in [9.17, 15) is 9.59 Å². The summed E-state index contributed by atoms with van der Waals surface area (Å²) in [7, 11) is 2.97. The van der Waals surface area contributed by atoms with Gasteiger partial charge in [0.2, 0.25) is 0 Å². The molecule has 0 bridgehead atoms. The van der Waals surface area contributed by atoms with E-state index < -0.39 is 23.3 Å². The molecule has 232 valence electrons. The molecule has 1 aliphatic rings. The number of ether oxygens (including phenoxy) is 2. The number of aromatic nitrogens is 3.